The highest BCUT2D eigenvalue weighted by Crippen LogP contribution is 2.30. The molecule has 3 rings (SSSR count). The largest absolute Gasteiger partial charge is 0.323 e. The maximum Gasteiger partial charge on any atom is 0.257 e. The van der Waals surface area contributed by atoms with Crippen LogP contribution in [0.25, 0.3) is 0 Å². The Kier molecular flexibility index (Phi) is 4.84. The summed E-state index contributed by atoms with van der Waals surface area (Å²) in [5.74, 6) is -1.94. The van der Waals surface area contributed by atoms with Gasteiger partial charge in [0.2, 0.25) is 11.8 Å². The van der Waals surface area contributed by atoms with E-state index >= 15 is 0 Å². The summed E-state index contributed by atoms with van der Waals surface area (Å²) in [5, 5.41) is 5.31. The number of amides is 2. The van der Waals surface area contributed by atoms with Gasteiger partial charge in [-0.3, -0.25) is 14.4 Å². The SMILES string of the molecule is CCSc1nc2c(c(=O)[nH]1)[C@H](C(=O)Nc1ccccc1F)CC(=O)N2. The molecule has 2 aromatic rings. The van der Waals surface area contributed by atoms with Crippen LogP contribution in [0.2, 0.25) is 0 Å². The van der Waals surface area contributed by atoms with E-state index in [1.54, 1.807) is 6.07 Å². The standard InChI is InChI=1S/C16H15FN4O3S/c1-2-25-16-20-13-12(15(24)21-16)8(7-11(22)19-13)14(23)18-10-6-4-3-5-9(10)17/h3-6,8H,2,7H2,1H3,(H,18,23)(H2,19,20,21,22,24)/t8-/m1/s1. The number of para-hydroxylation sites is 1. The highest BCUT2D eigenvalue weighted by atomic mass is 32.2. The number of fused-ring (bicyclic) bond motifs is 1. The molecule has 25 heavy (non-hydrogen) atoms. The van der Waals surface area contributed by atoms with Crippen molar-refractivity contribution < 1.29 is 14.0 Å². The lowest BCUT2D eigenvalue weighted by atomic mass is 9.92. The van der Waals surface area contributed by atoms with E-state index in [9.17, 15) is 18.8 Å². The highest BCUT2D eigenvalue weighted by molar-refractivity contribution is 7.99. The quantitative estimate of drug-likeness (QED) is 0.571. The number of carbonyl (C=O) groups is 2. The topological polar surface area (TPSA) is 104 Å². The third kappa shape index (κ3) is 3.55. The molecule has 2 heterocycles. The number of thioether (sulfide) groups is 1. The summed E-state index contributed by atoms with van der Waals surface area (Å²) < 4.78 is 13.7. The number of aromatic nitrogens is 2. The Morgan fingerprint density at radius 2 is 2.16 bits per heavy atom. The molecule has 0 saturated carbocycles. The minimum Gasteiger partial charge on any atom is -0.323 e. The molecule has 0 radical (unpaired) electrons. The smallest absolute Gasteiger partial charge is 0.257 e. The fraction of sp³-hybridized carbons (Fsp3) is 0.250. The molecule has 7 nitrogen and oxygen atoms in total. The fourth-order valence-electron chi connectivity index (χ4n) is 2.56. The lowest BCUT2D eigenvalue weighted by molar-refractivity contribution is -0.123. The fourth-order valence-corrected chi connectivity index (χ4v) is 3.16. The zero-order valence-corrected chi connectivity index (χ0v) is 14.1. The summed E-state index contributed by atoms with van der Waals surface area (Å²) in [6.45, 7) is 1.90. The molecule has 1 aromatic carbocycles. The van der Waals surface area contributed by atoms with E-state index in [0.29, 0.717) is 10.9 Å². The van der Waals surface area contributed by atoms with Crippen LogP contribution in [0.4, 0.5) is 15.9 Å². The Labute approximate surface area is 146 Å². The first-order chi connectivity index (χ1) is 12.0. The van der Waals surface area contributed by atoms with Crippen molar-refractivity contribution in [2.75, 3.05) is 16.4 Å². The number of H-pyrrole nitrogens is 1. The summed E-state index contributed by atoms with van der Waals surface area (Å²) in [7, 11) is 0. The van der Waals surface area contributed by atoms with Gasteiger partial charge in [-0.15, -0.1) is 0 Å². The van der Waals surface area contributed by atoms with Gasteiger partial charge in [-0.1, -0.05) is 30.8 Å². The molecule has 0 aliphatic carbocycles. The van der Waals surface area contributed by atoms with Crippen LogP contribution < -0.4 is 16.2 Å². The van der Waals surface area contributed by atoms with E-state index in [1.165, 1.54) is 30.0 Å². The van der Waals surface area contributed by atoms with Crippen LogP contribution in [-0.2, 0) is 9.59 Å². The molecule has 9 heteroatoms. The Balaban J connectivity index is 1.96. The normalized spacial score (nSPS) is 16.1. The van der Waals surface area contributed by atoms with Gasteiger partial charge < -0.3 is 15.6 Å². The molecular weight excluding hydrogens is 347 g/mol. The Bertz CT molecular complexity index is 899. The maximum absolute atomic E-state index is 13.7. The van der Waals surface area contributed by atoms with Crippen molar-refractivity contribution in [2.24, 2.45) is 0 Å². The molecule has 1 aromatic heterocycles. The first-order valence-corrected chi connectivity index (χ1v) is 8.60. The Hall–Kier alpha value is -2.68. The number of rotatable bonds is 4. The first-order valence-electron chi connectivity index (χ1n) is 7.61. The number of benzene rings is 1. The molecule has 0 spiro atoms. The van der Waals surface area contributed by atoms with Crippen molar-refractivity contribution >= 4 is 35.1 Å². The third-order valence-electron chi connectivity index (χ3n) is 3.66. The van der Waals surface area contributed by atoms with Gasteiger partial charge in [0, 0.05) is 6.42 Å². The molecular formula is C16H15FN4O3S. The summed E-state index contributed by atoms with van der Waals surface area (Å²) in [4.78, 5) is 43.6. The lowest BCUT2D eigenvalue weighted by Gasteiger charge is -2.23. The van der Waals surface area contributed by atoms with Crippen molar-refractivity contribution in [3.63, 3.8) is 0 Å². The summed E-state index contributed by atoms with van der Waals surface area (Å²) in [5.41, 5.74) is -0.425. The van der Waals surface area contributed by atoms with Crippen LogP contribution in [0.15, 0.2) is 34.2 Å². The molecule has 1 aliphatic heterocycles. The zero-order valence-electron chi connectivity index (χ0n) is 13.3. The van der Waals surface area contributed by atoms with Crippen molar-refractivity contribution in [3.05, 3.63) is 46.0 Å². The number of carbonyl (C=O) groups excluding carboxylic acids is 2. The zero-order chi connectivity index (χ0) is 18.0. The lowest BCUT2D eigenvalue weighted by Crippen LogP contribution is -2.36. The van der Waals surface area contributed by atoms with Gasteiger partial charge in [0.15, 0.2) is 5.16 Å². The molecule has 130 valence electrons. The Morgan fingerprint density at radius 1 is 1.40 bits per heavy atom. The number of nitrogens with zero attached hydrogens (tertiary/aromatic N) is 1. The van der Waals surface area contributed by atoms with Crippen LogP contribution in [-0.4, -0.2) is 27.5 Å². The van der Waals surface area contributed by atoms with E-state index in [2.05, 4.69) is 20.6 Å². The minimum atomic E-state index is -1.04. The number of hydrogen-bond donors (Lipinski definition) is 3. The van der Waals surface area contributed by atoms with Gasteiger partial charge in [0.05, 0.1) is 17.2 Å². The molecule has 0 unspecified atom stereocenters. The number of aromatic amines is 1. The second-order valence-corrected chi connectivity index (χ2v) is 6.59. The monoisotopic (exact) mass is 362 g/mol. The highest BCUT2D eigenvalue weighted by Gasteiger charge is 2.35. The Morgan fingerprint density at radius 3 is 2.88 bits per heavy atom. The van der Waals surface area contributed by atoms with Crippen LogP contribution in [0, 0.1) is 5.82 Å². The molecule has 1 aliphatic rings. The van der Waals surface area contributed by atoms with Gasteiger partial charge in [-0.05, 0) is 17.9 Å². The first kappa shape index (κ1) is 17.2. The number of halogens is 1. The third-order valence-corrected chi connectivity index (χ3v) is 4.41. The van der Waals surface area contributed by atoms with Crippen LogP contribution in [0.3, 0.4) is 0 Å². The molecule has 2 amide bonds. The average molecular weight is 362 g/mol. The van der Waals surface area contributed by atoms with Gasteiger partial charge in [-0.2, -0.15) is 0 Å². The molecule has 3 N–H and O–H groups in total. The van der Waals surface area contributed by atoms with E-state index in [1.807, 2.05) is 6.92 Å². The second-order valence-electron chi connectivity index (χ2n) is 5.34. The summed E-state index contributed by atoms with van der Waals surface area (Å²) in [6.07, 6.45) is -0.210. The number of hydrogen-bond acceptors (Lipinski definition) is 5. The molecule has 0 bridgehead atoms. The van der Waals surface area contributed by atoms with E-state index < -0.39 is 29.1 Å². The molecule has 0 fully saturated rings. The summed E-state index contributed by atoms with van der Waals surface area (Å²) in [6, 6.07) is 5.68. The van der Waals surface area contributed by atoms with Crippen molar-refractivity contribution in [1.29, 1.82) is 0 Å². The number of nitrogens with one attached hydrogen (secondary N) is 3. The van der Waals surface area contributed by atoms with Gasteiger partial charge in [-0.25, -0.2) is 9.37 Å². The predicted molar refractivity (Wildman–Crippen MR) is 92.3 cm³/mol. The molecule has 0 saturated heterocycles. The van der Waals surface area contributed by atoms with Gasteiger partial charge in [0.1, 0.15) is 11.6 Å². The van der Waals surface area contributed by atoms with Gasteiger partial charge in [0.25, 0.3) is 5.56 Å². The number of anilines is 2. The van der Waals surface area contributed by atoms with E-state index in [0.717, 1.165) is 0 Å². The van der Waals surface area contributed by atoms with Crippen LogP contribution in [0.1, 0.15) is 24.8 Å². The van der Waals surface area contributed by atoms with Gasteiger partial charge >= 0.3 is 0 Å². The van der Waals surface area contributed by atoms with Crippen molar-refractivity contribution in [1.82, 2.24) is 9.97 Å². The van der Waals surface area contributed by atoms with E-state index in [4.69, 9.17) is 0 Å². The van der Waals surface area contributed by atoms with Crippen molar-refractivity contribution in [2.45, 2.75) is 24.4 Å². The molecule has 1 atom stereocenters. The van der Waals surface area contributed by atoms with Crippen LogP contribution >= 0.6 is 11.8 Å². The van der Waals surface area contributed by atoms with Crippen molar-refractivity contribution in [3.8, 4) is 0 Å². The van der Waals surface area contributed by atoms with Crippen LogP contribution in [0.5, 0.6) is 0 Å². The predicted octanol–water partition coefficient (Wildman–Crippen LogP) is 2.09. The van der Waals surface area contributed by atoms with E-state index in [-0.39, 0.29) is 23.5 Å². The minimum absolute atomic E-state index is 0.0115. The summed E-state index contributed by atoms with van der Waals surface area (Å²) >= 11 is 1.31. The maximum atomic E-state index is 13.7. The average Bonchev–Trinajstić information content (AvgIpc) is 2.56. The second kappa shape index (κ2) is 7.06.